The highest BCUT2D eigenvalue weighted by Gasteiger charge is 2.17. The Morgan fingerprint density at radius 3 is 1.10 bits per heavy atom. The van der Waals surface area contributed by atoms with Gasteiger partial charge in [0.05, 0.1) is 50.1 Å². The van der Waals surface area contributed by atoms with Crippen molar-refractivity contribution in [2.24, 2.45) is 0 Å². The quantitative estimate of drug-likeness (QED) is 0.139. The van der Waals surface area contributed by atoms with Gasteiger partial charge >= 0.3 is 7.60 Å². The van der Waals surface area contributed by atoms with Gasteiger partial charge in [-0.15, -0.1) is 0 Å². The number of pyridine rings is 4. The molecule has 0 spiro atoms. The van der Waals surface area contributed by atoms with Crippen LogP contribution in [0.15, 0.2) is 152 Å². The zero-order chi connectivity index (χ0) is 33.8. The van der Waals surface area contributed by atoms with Gasteiger partial charge in [-0.05, 0) is 42.5 Å². The molecule has 8 heteroatoms. The second-order valence-corrected chi connectivity index (χ2v) is 13.8. The molecule has 50 heavy (non-hydrogen) atoms. The van der Waals surface area contributed by atoms with Crippen LogP contribution >= 0.6 is 7.60 Å². The molecule has 0 amide bonds. The summed E-state index contributed by atoms with van der Waals surface area (Å²) in [5, 5.41) is 3.95. The summed E-state index contributed by atoms with van der Waals surface area (Å²) in [6, 6.07) is 49.2. The molecule has 0 aliphatic rings. The van der Waals surface area contributed by atoms with Crippen LogP contribution in [0.25, 0.3) is 88.6 Å². The van der Waals surface area contributed by atoms with E-state index in [4.69, 9.17) is 19.9 Å². The molecule has 0 atom stereocenters. The van der Waals surface area contributed by atoms with Crippen LogP contribution in [0, 0.1) is 0 Å². The molecule has 5 aromatic carbocycles. The molecule has 0 fully saturated rings. The van der Waals surface area contributed by atoms with Crippen LogP contribution in [0.2, 0.25) is 0 Å². The highest BCUT2D eigenvalue weighted by Crippen LogP contribution is 2.35. The van der Waals surface area contributed by atoms with Gasteiger partial charge < -0.3 is 9.79 Å². The summed E-state index contributed by atoms with van der Waals surface area (Å²) in [7, 11) is -4.33. The molecule has 9 rings (SSSR count). The number of nitrogens with zero attached hydrogens (tertiary/aromatic N) is 4. The predicted octanol–water partition coefficient (Wildman–Crippen LogP) is 9.35. The first kappa shape index (κ1) is 30.0. The van der Waals surface area contributed by atoms with E-state index in [0.717, 1.165) is 82.9 Å². The summed E-state index contributed by atoms with van der Waals surface area (Å²) in [5.74, 6) is 0. The SMILES string of the molecule is O=P(O)(O)c1ccc(-c2ccc3ccc4ccc(-c5cccc(-c6ccc7ccc8ccc(-c9ccccc9)nc8c7n6)c5)nc4c3n2)cc1. The largest absolute Gasteiger partial charge is 0.356 e. The van der Waals surface area contributed by atoms with Gasteiger partial charge in [0.2, 0.25) is 0 Å². The Balaban J connectivity index is 1.12. The number of hydrogen-bond donors (Lipinski definition) is 2. The van der Waals surface area contributed by atoms with E-state index in [2.05, 4.69) is 60.7 Å². The average Bonchev–Trinajstić information content (AvgIpc) is 3.17. The number of hydrogen-bond acceptors (Lipinski definition) is 5. The van der Waals surface area contributed by atoms with Crippen LogP contribution in [0.3, 0.4) is 0 Å². The van der Waals surface area contributed by atoms with Crippen molar-refractivity contribution < 1.29 is 14.4 Å². The third kappa shape index (κ3) is 5.40. The Morgan fingerprint density at radius 1 is 0.360 bits per heavy atom. The molecule has 4 heterocycles. The van der Waals surface area contributed by atoms with Crippen molar-refractivity contribution in [3.05, 3.63) is 152 Å². The van der Waals surface area contributed by atoms with Gasteiger partial charge in [0.1, 0.15) is 0 Å². The third-order valence-electron chi connectivity index (χ3n) is 9.06. The first-order valence-corrected chi connectivity index (χ1v) is 17.7. The van der Waals surface area contributed by atoms with Crippen molar-refractivity contribution >= 4 is 56.5 Å². The Hall–Kier alpha value is -6.11. The zero-order valence-corrected chi connectivity index (χ0v) is 27.4. The molecule has 238 valence electrons. The second-order valence-electron chi connectivity index (χ2n) is 12.2. The maximum atomic E-state index is 11.7. The van der Waals surface area contributed by atoms with Crippen molar-refractivity contribution in [3.63, 3.8) is 0 Å². The van der Waals surface area contributed by atoms with Crippen LogP contribution < -0.4 is 5.30 Å². The van der Waals surface area contributed by atoms with Gasteiger partial charge in [0, 0.05) is 43.8 Å². The molecule has 2 N–H and O–H groups in total. The Labute approximate surface area is 286 Å². The monoisotopic (exact) mass is 666 g/mol. The average molecular weight is 667 g/mol. The molecular formula is C42H27N4O3P. The molecule has 0 saturated heterocycles. The first-order chi connectivity index (χ1) is 24.4. The number of rotatable bonds is 5. The number of aromatic nitrogens is 4. The Kier molecular flexibility index (Phi) is 7.07. The molecule has 0 bridgehead atoms. The third-order valence-corrected chi connectivity index (χ3v) is 10.0. The highest BCUT2D eigenvalue weighted by atomic mass is 31.2. The number of benzene rings is 5. The molecule has 0 radical (unpaired) electrons. The smallest absolute Gasteiger partial charge is 0.321 e. The van der Waals surface area contributed by atoms with Gasteiger partial charge in [0.15, 0.2) is 0 Å². The summed E-state index contributed by atoms with van der Waals surface area (Å²) in [5.41, 5.74) is 10.3. The van der Waals surface area contributed by atoms with E-state index in [1.807, 2.05) is 66.7 Å². The van der Waals surface area contributed by atoms with Gasteiger partial charge in [-0.3, -0.25) is 4.57 Å². The second kappa shape index (κ2) is 11.8. The fourth-order valence-corrected chi connectivity index (χ4v) is 6.99. The zero-order valence-electron chi connectivity index (χ0n) is 26.5. The minimum atomic E-state index is -4.33. The fraction of sp³-hybridized carbons (Fsp3) is 0. The lowest BCUT2D eigenvalue weighted by Crippen LogP contribution is -2.02. The standard InChI is InChI=1S/C42H27N4O3P/c47-50(48,49)34-19-13-27(14-20-34)36-22-16-29-10-12-31-18-24-38(46-42(31)40(29)44-36)33-8-4-7-32(25-33)37-23-17-30-11-9-28-15-21-35(26-5-2-1-3-6-26)43-39(28)41(30)45-37/h1-25H,(H2,47,48,49). The van der Waals surface area contributed by atoms with Crippen LogP contribution in [0.1, 0.15) is 0 Å². The summed E-state index contributed by atoms with van der Waals surface area (Å²) < 4.78 is 11.7. The van der Waals surface area contributed by atoms with Crippen molar-refractivity contribution in [2.45, 2.75) is 0 Å². The summed E-state index contributed by atoms with van der Waals surface area (Å²) >= 11 is 0. The van der Waals surface area contributed by atoms with Crippen LogP contribution in [-0.4, -0.2) is 29.7 Å². The maximum absolute atomic E-state index is 11.7. The van der Waals surface area contributed by atoms with E-state index < -0.39 is 7.60 Å². The van der Waals surface area contributed by atoms with Gasteiger partial charge in [-0.2, -0.15) is 0 Å². The predicted molar refractivity (Wildman–Crippen MR) is 201 cm³/mol. The highest BCUT2D eigenvalue weighted by molar-refractivity contribution is 7.60. The summed E-state index contributed by atoms with van der Waals surface area (Å²) in [6.07, 6.45) is 0. The molecule has 0 saturated carbocycles. The first-order valence-electron chi connectivity index (χ1n) is 16.1. The van der Waals surface area contributed by atoms with Gasteiger partial charge in [-0.25, -0.2) is 19.9 Å². The molecule has 4 aromatic heterocycles. The molecule has 0 unspecified atom stereocenters. The van der Waals surface area contributed by atoms with E-state index >= 15 is 0 Å². The normalized spacial score (nSPS) is 11.9. The summed E-state index contributed by atoms with van der Waals surface area (Å²) in [6.45, 7) is 0. The van der Waals surface area contributed by atoms with E-state index in [1.54, 1.807) is 12.1 Å². The number of fused-ring (bicyclic) bond motifs is 6. The fourth-order valence-electron chi connectivity index (χ4n) is 6.45. The molecule has 0 aliphatic heterocycles. The minimum Gasteiger partial charge on any atom is -0.321 e. The van der Waals surface area contributed by atoms with Crippen LogP contribution in [0.5, 0.6) is 0 Å². The van der Waals surface area contributed by atoms with Crippen molar-refractivity contribution in [2.75, 3.05) is 0 Å². The lowest BCUT2D eigenvalue weighted by Gasteiger charge is -2.10. The lowest BCUT2D eigenvalue weighted by molar-refractivity contribution is 0.387. The Bertz CT molecular complexity index is 2820. The van der Waals surface area contributed by atoms with E-state index in [-0.39, 0.29) is 5.30 Å². The van der Waals surface area contributed by atoms with Crippen molar-refractivity contribution in [1.29, 1.82) is 0 Å². The Morgan fingerprint density at radius 2 is 0.700 bits per heavy atom. The van der Waals surface area contributed by atoms with Gasteiger partial charge in [0.25, 0.3) is 0 Å². The van der Waals surface area contributed by atoms with Crippen molar-refractivity contribution in [1.82, 2.24) is 19.9 Å². The lowest BCUT2D eigenvalue weighted by atomic mass is 10.0. The minimum absolute atomic E-state index is 0.0258. The topological polar surface area (TPSA) is 109 Å². The van der Waals surface area contributed by atoms with Crippen molar-refractivity contribution in [3.8, 4) is 45.0 Å². The van der Waals surface area contributed by atoms with Gasteiger partial charge in [-0.1, -0.05) is 109 Å². The molecule has 9 aromatic rings. The van der Waals surface area contributed by atoms with E-state index in [9.17, 15) is 14.4 Å². The van der Waals surface area contributed by atoms with E-state index in [0.29, 0.717) is 5.69 Å². The molecular weight excluding hydrogens is 639 g/mol. The maximum Gasteiger partial charge on any atom is 0.356 e. The van der Waals surface area contributed by atoms with Crippen LogP contribution in [-0.2, 0) is 4.57 Å². The molecule has 0 aliphatic carbocycles. The summed E-state index contributed by atoms with van der Waals surface area (Å²) in [4.78, 5) is 39.3. The van der Waals surface area contributed by atoms with Crippen LogP contribution in [0.4, 0.5) is 0 Å². The molecule has 7 nitrogen and oxygen atoms in total. The van der Waals surface area contributed by atoms with E-state index in [1.165, 1.54) is 12.1 Å².